The molecule has 0 atom stereocenters. The number of anilines is 1. The lowest BCUT2D eigenvalue weighted by Crippen LogP contribution is -2.14. The number of aromatic nitrogens is 2. The molecule has 0 aliphatic rings. The Morgan fingerprint density at radius 2 is 1.86 bits per heavy atom. The van der Waals surface area contributed by atoms with E-state index in [0.29, 0.717) is 8.95 Å². The summed E-state index contributed by atoms with van der Waals surface area (Å²) in [6.45, 7) is 6.05. The third-order valence-corrected chi connectivity index (χ3v) is 5.65. The third-order valence-electron chi connectivity index (χ3n) is 2.81. The summed E-state index contributed by atoms with van der Waals surface area (Å²) in [5.74, 6) is 0.270. The molecule has 0 spiro atoms. The van der Waals surface area contributed by atoms with E-state index in [-0.39, 0.29) is 16.1 Å². The van der Waals surface area contributed by atoms with Crippen molar-refractivity contribution in [3.8, 4) is 0 Å². The number of hydrogen-bond donors (Lipinski definition) is 2. The zero-order valence-electron chi connectivity index (χ0n) is 11.7. The Balaban J connectivity index is 2.34. The van der Waals surface area contributed by atoms with Crippen molar-refractivity contribution in [1.29, 1.82) is 0 Å². The lowest BCUT2D eigenvalue weighted by molar-refractivity contribution is 0.567. The second-order valence-electron chi connectivity index (χ2n) is 5.60. The average molecular weight is 437 g/mol. The van der Waals surface area contributed by atoms with Crippen LogP contribution >= 0.6 is 31.9 Å². The molecule has 2 N–H and O–H groups in total. The minimum absolute atomic E-state index is 0.132. The van der Waals surface area contributed by atoms with Crippen molar-refractivity contribution in [2.24, 2.45) is 0 Å². The number of benzene rings is 1. The van der Waals surface area contributed by atoms with E-state index >= 15 is 0 Å². The molecule has 2 aromatic rings. The highest BCUT2D eigenvalue weighted by atomic mass is 79.9. The minimum atomic E-state index is -3.71. The number of nitrogens with zero attached hydrogens (tertiary/aromatic N) is 1. The molecule has 0 aliphatic heterocycles. The van der Waals surface area contributed by atoms with Crippen molar-refractivity contribution in [1.82, 2.24) is 10.2 Å². The summed E-state index contributed by atoms with van der Waals surface area (Å²) >= 11 is 6.52. The van der Waals surface area contributed by atoms with E-state index in [9.17, 15) is 8.42 Å². The molecule has 2 rings (SSSR count). The van der Waals surface area contributed by atoms with Crippen molar-refractivity contribution in [3.05, 3.63) is 38.9 Å². The van der Waals surface area contributed by atoms with Crippen LogP contribution in [0.25, 0.3) is 0 Å². The van der Waals surface area contributed by atoms with Crippen LogP contribution in [0.15, 0.2) is 38.1 Å². The van der Waals surface area contributed by atoms with Crippen LogP contribution in [0.1, 0.15) is 26.5 Å². The van der Waals surface area contributed by atoms with Crippen LogP contribution in [-0.2, 0) is 15.4 Å². The van der Waals surface area contributed by atoms with Gasteiger partial charge < -0.3 is 0 Å². The number of aromatic amines is 1. The monoisotopic (exact) mass is 435 g/mol. The maximum atomic E-state index is 12.4. The number of nitrogens with one attached hydrogen (secondary N) is 2. The first kappa shape index (κ1) is 16.5. The highest BCUT2D eigenvalue weighted by molar-refractivity contribution is 9.11. The predicted octanol–water partition coefficient (Wildman–Crippen LogP) is 4.03. The van der Waals surface area contributed by atoms with Gasteiger partial charge in [0.05, 0.1) is 0 Å². The van der Waals surface area contributed by atoms with Crippen molar-refractivity contribution in [2.45, 2.75) is 31.1 Å². The summed E-state index contributed by atoms with van der Waals surface area (Å²) in [6.07, 6.45) is 0. The van der Waals surface area contributed by atoms with Gasteiger partial charge in [0.1, 0.15) is 4.90 Å². The Hall–Kier alpha value is -0.860. The second kappa shape index (κ2) is 5.73. The van der Waals surface area contributed by atoms with E-state index in [2.05, 4.69) is 46.8 Å². The van der Waals surface area contributed by atoms with Gasteiger partial charge in [0, 0.05) is 26.1 Å². The Kier molecular flexibility index (Phi) is 4.51. The molecular formula is C13H15Br2N3O2S. The van der Waals surface area contributed by atoms with Gasteiger partial charge >= 0.3 is 0 Å². The van der Waals surface area contributed by atoms with Gasteiger partial charge in [-0.3, -0.25) is 9.82 Å². The van der Waals surface area contributed by atoms with E-state index in [4.69, 9.17) is 0 Å². The van der Waals surface area contributed by atoms with Gasteiger partial charge in [0.15, 0.2) is 5.82 Å². The summed E-state index contributed by atoms with van der Waals surface area (Å²) in [6, 6.07) is 6.66. The number of sulfonamides is 1. The topological polar surface area (TPSA) is 74.8 Å². The summed E-state index contributed by atoms with van der Waals surface area (Å²) in [5, 5.41) is 6.85. The number of H-pyrrole nitrogens is 1. The Morgan fingerprint density at radius 3 is 2.43 bits per heavy atom. The van der Waals surface area contributed by atoms with E-state index in [0.717, 1.165) is 5.69 Å². The summed E-state index contributed by atoms with van der Waals surface area (Å²) in [4.78, 5) is 0.150. The summed E-state index contributed by atoms with van der Waals surface area (Å²) < 4.78 is 28.5. The molecule has 0 fully saturated rings. The lowest BCUT2D eigenvalue weighted by atomic mass is 9.92. The van der Waals surface area contributed by atoms with Gasteiger partial charge in [-0.15, -0.1) is 0 Å². The molecule has 21 heavy (non-hydrogen) atoms. The van der Waals surface area contributed by atoms with Gasteiger partial charge in [-0.05, 0) is 34.1 Å². The smallest absolute Gasteiger partial charge is 0.264 e. The van der Waals surface area contributed by atoms with E-state index in [1.807, 2.05) is 20.8 Å². The zero-order chi connectivity index (χ0) is 15.8. The molecule has 0 bridgehead atoms. The SMILES string of the molecule is CC(C)(C)c1cc(NS(=O)(=O)c2cc(Br)ccc2Br)n[nH]1. The van der Waals surface area contributed by atoms with Crippen LogP contribution in [0, 0.1) is 0 Å². The van der Waals surface area contributed by atoms with E-state index < -0.39 is 10.0 Å². The van der Waals surface area contributed by atoms with Crippen molar-refractivity contribution < 1.29 is 8.42 Å². The van der Waals surface area contributed by atoms with Crippen molar-refractivity contribution >= 4 is 47.7 Å². The van der Waals surface area contributed by atoms with E-state index in [1.54, 1.807) is 18.2 Å². The fourth-order valence-corrected chi connectivity index (χ4v) is 4.13. The zero-order valence-corrected chi connectivity index (χ0v) is 15.7. The lowest BCUT2D eigenvalue weighted by Gasteiger charge is -2.14. The maximum Gasteiger partial charge on any atom is 0.264 e. The molecule has 8 heteroatoms. The number of hydrogen-bond acceptors (Lipinski definition) is 3. The largest absolute Gasteiger partial charge is 0.280 e. The molecule has 1 aromatic heterocycles. The fourth-order valence-electron chi connectivity index (χ4n) is 1.63. The van der Waals surface area contributed by atoms with Crippen molar-refractivity contribution in [3.63, 3.8) is 0 Å². The summed E-state index contributed by atoms with van der Waals surface area (Å²) in [7, 11) is -3.71. The number of rotatable bonds is 3. The first-order valence-electron chi connectivity index (χ1n) is 6.13. The van der Waals surface area contributed by atoms with Crippen LogP contribution in [0.4, 0.5) is 5.82 Å². The molecule has 0 aliphatic carbocycles. The van der Waals surface area contributed by atoms with Crippen LogP contribution in [0.2, 0.25) is 0 Å². The molecule has 0 saturated carbocycles. The Labute approximate surface area is 140 Å². The Morgan fingerprint density at radius 1 is 1.19 bits per heavy atom. The molecule has 1 aromatic carbocycles. The minimum Gasteiger partial charge on any atom is -0.280 e. The van der Waals surface area contributed by atoms with Crippen LogP contribution in [0.5, 0.6) is 0 Å². The standard InChI is InChI=1S/C13H15Br2N3O2S/c1-13(2,3)11-7-12(17-16-11)18-21(19,20)10-6-8(14)4-5-9(10)15/h4-7H,1-3H3,(H2,16,17,18). The molecular weight excluding hydrogens is 422 g/mol. The molecule has 5 nitrogen and oxygen atoms in total. The van der Waals surface area contributed by atoms with Gasteiger partial charge in [-0.2, -0.15) is 5.10 Å². The molecule has 0 radical (unpaired) electrons. The molecule has 1 heterocycles. The average Bonchev–Trinajstić information content (AvgIpc) is 2.79. The maximum absolute atomic E-state index is 12.4. The highest BCUT2D eigenvalue weighted by Crippen LogP contribution is 2.28. The van der Waals surface area contributed by atoms with Crippen LogP contribution < -0.4 is 4.72 Å². The number of halogens is 2. The van der Waals surface area contributed by atoms with Gasteiger partial charge in [0.2, 0.25) is 0 Å². The second-order valence-corrected chi connectivity index (χ2v) is 9.02. The fraction of sp³-hybridized carbons (Fsp3) is 0.308. The van der Waals surface area contributed by atoms with Crippen LogP contribution in [0.3, 0.4) is 0 Å². The molecule has 0 saturated heterocycles. The first-order valence-corrected chi connectivity index (χ1v) is 9.20. The van der Waals surface area contributed by atoms with Gasteiger partial charge in [-0.25, -0.2) is 8.42 Å². The van der Waals surface area contributed by atoms with Gasteiger partial charge in [-0.1, -0.05) is 36.7 Å². The van der Waals surface area contributed by atoms with Gasteiger partial charge in [0.25, 0.3) is 10.0 Å². The third kappa shape index (κ3) is 3.87. The normalized spacial score (nSPS) is 12.4. The molecule has 0 unspecified atom stereocenters. The van der Waals surface area contributed by atoms with E-state index in [1.165, 1.54) is 6.07 Å². The molecule has 114 valence electrons. The highest BCUT2D eigenvalue weighted by Gasteiger charge is 2.22. The quantitative estimate of drug-likeness (QED) is 0.762. The van der Waals surface area contributed by atoms with Crippen molar-refractivity contribution in [2.75, 3.05) is 4.72 Å². The predicted molar refractivity (Wildman–Crippen MR) is 89.9 cm³/mol. The summed E-state index contributed by atoms with van der Waals surface area (Å²) in [5.41, 5.74) is 0.723. The first-order chi connectivity index (χ1) is 9.59. The van der Waals surface area contributed by atoms with Crippen LogP contribution in [-0.4, -0.2) is 18.6 Å². The molecule has 0 amide bonds. The Bertz CT molecular complexity index is 764.